The summed E-state index contributed by atoms with van der Waals surface area (Å²) in [7, 11) is -3.55. The summed E-state index contributed by atoms with van der Waals surface area (Å²) < 4.78 is 28.0. The number of hydrogen-bond acceptors (Lipinski definition) is 6. The maximum Gasteiger partial charge on any atom is 0.244 e. The van der Waals surface area contributed by atoms with E-state index in [1.165, 1.54) is 28.4 Å². The number of aryl methyl sites for hydroxylation is 1. The molecule has 0 atom stereocenters. The summed E-state index contributed by atoms with van der Waals surface area (Å²) in [5.74, 6) is 0. The summed E-state index contributed by atoms with van der Waals surface area (Å²) in [6.07, 6.45) is 2.77. The van der Waals surface area contributed by atoms with E-state index in [4.69, 9.17) is 5.73 Å². The Hall–Kier alpha value is -1.29. The second-order valence-corrected chi connectivity index (χ2v) is 6.64. The number of rotatable bonds is 6. The number of nitrogens with two attached hydrogens (primary N) is 1. The molecule has 0 aliphatic carbocycles. The minimum atomic E-state index is -3.55. The predicted octanol–water partition coefficient (Wildman–Crippen LogP) is 0.0852. The van der Waals surface area contributed by atoms with Crippen LogP contribution in [0.5, 0.6) is 0 Å². The van der Waals surface area contributed by atoms with E-state index in [0.29, 0.717) is 13.1 Å². The number of thiazole rings is 1. The van der Waals surface area contributed by atoms with Gasteiger partial charge in [0, 0.05) is 23.8 Å². The van der Waals surface area contributed by atoms with Crippen LogP contribution in [0.2, 0.25) is 0 Å². The van der Waals surface area contributed by atoms with E-state index in [9.17, 15) is 8.42 Å². The smallest absolute Gasteiger partial charge is 0.244 e. The molecule has 2 rings (SSSR count). The standard InChI is InChI=1S/C10H15N5O2S2/c1-8-7-18-10(14-8)5-13-19(16,17)9-4-12-15(6-9)3-2-11/h4,6-7,13H,2-3,5,11H2,1H3. The Morgan fingerprint density at radius 3 is 2.95 bits per heavy atom. The summed E-state index contributed by atoms with van der Waals surface area (Å²) >= 11 is 1.42. The molecule has 3 N–H and O–H groups in total. The lowest BCUT2D eigenvalue weighted by molar-refractivity contribution is 0.580. The van der Waals surface area contributed by atoms with Gasteiger partial charge < -0.3 is 5.73 Å². The number of hydrogen-bond donors (Lipinski definition) is 2. The molecule has 0 aliphatic heterocycles. The first kappa shape index (κ1) is 14.1. The summed E-state index contributed by atoms with van der Waals surface area (Å²) in [5, 5.41) is 6.55. The molecule has 0 radical (unpaired) electrons. The predicted molar refractivity (Wildman–Crippen MR) is 72.2 cm³/mol. The Balaban J connectivity index is 2.04. The molecule has 0 spiro atoms. The molecule has 0 unspecified atom stereocenters. The third kappa shape index (κ3) is 3.60. The van der Waals surface area contributed by atoms with Crippen LogP contribution in [0.25, 0.3) is 0 Å². The van der Waals surface area contributed by atoms with Crippen molar-refractivity contribution in [2.24, 2.45) is 5.73 Å². The molecule has 0 fully saturated rings. The summed E-state index contributed by atoms with van der Waals surface area (Å²) in [6.45, 7) is 2.95. The molecule has 0 aromatic carbocycles. The normalized spacial score (nSPS) is 11.9. The Morgan fingerprint density at radius 2 is 2.32 bits per heavy atom. The number of nitrogens with one attached hydrogen (secondary N) is 1. The van der Waals surface area contributed by atoms with Crippen molar-refractivity contribution in [3.63, 3.8) is 0 Å². The summed E-state index contributed by atoms with van der Waals surface area (Å²) in [5.41, 5.74) is 6.27. The largest absolute Gasteiger partial charge is 0.329 e. The molecule has 0 amide bonds. The molecule has 2 aromatic rings. The second kappa shape index (κ2) is 5.78. The van der Waals surface area contributed by atoms with Gasteiger partial charge in [0.05, 0.1) is 19.3 Å². The van der Waals surface area contributed by atoms with E-state index in [0.717, 1.165) is 10.7 Å². The topological polar surface area (TPSA) is 103 Å². The molecule has 0 bridgehead atoms. The van der Waals surface area contributed by atoms with Crippen LogP contribution in [0.15, 0.2) is 22.7 Å². The molecule has 2 heterocycles. The van der Waals surface area contributed by atoms with Crippen LogP contribution in [0.4, 0.5) is 0 Å². The van der Waals surface area contributed by atoms with Crippen molar-refractivity contribution in [2.75, 3.05) is 6.54 Å². The van der Waals surface area contributed by atoms with E-state index in [2.05, 4.69) is 14.8 Å². The minimum Gasteiger partial charge on any atom is -0.329 e. The fraction of sp³-hybridized carbons (Fsp3) is 0.400. The van der Waals surface area contributed by atoms with Crippen LogP contribution in [0.3, 0.4) is 0 Å². The van der Waals surface area contributed by atoms with Gasteiger partial charge in [-0.1, -0.05) is 0 Å². The number of nitrogens with zero attached hydrogens (tertiary/aromatic N) is 3. The summed E-state index contributed by atoms with van der Waals surface area (Å²) in [6, 6.07) is 0. The lowest BCUT2D eigenvalue weighted by atomic mass is 10.6. The van der Waals surface area contributed by atoms with Gasteiger partial charge in [0.25, 0.3) is 0 Å². The van der Waals surface area contributed by atoms with Crippen LogP contribution >= 0.6 is 11.3 Å². The molecular weight excluding hydrogens is 286 g/mol. The minimum absolute atomic E-state index is 0.134. The Morgan fingerprint density at radius 1 is 1.53 bits per heavy atom. The fourth-order valence-electron chi connectivity index (χ4n) is 1.46. The average molecular weight is 301 g/mol. The molecule has 0 saturated heterocycles. The monoisotopic (exact) mass is 301 g/mol. The Bertz CT molecular complexity index is 646. The van der Waals surface area contributed by atoms with Crippen molar-refractivity contribution in [3.05, 3.63) is 28.5 Å². The van der Waals surface area contributed by atoms with Gasteiger partial charge in [-0.15, -0.1) is 11.3 Å². The quantitative estimate of drug-likeness (QED) is 0.787. The number of aromatic nitrogens is 3. The van der Waals surface area contributed by atoms with Crippen LogP contribution < -0.4 is 10.5 Å². The van der Waals surface area contributed by atoms with Gasteiger partial charge in [-0.2, -0.15) is 5.10 Å². The first-order chi connectivity index (χ1) is 9.01. The van der Waals surface area contributed by atoms with E-state index < -0.39 is 10.0 Å². The molecule has 19 heavy (non-hydrogen) atoms. The first-order valence-electron chi connectivity index (χ1n) is 5.64. The Kier molecular flexibility index (Phi) is 4.30. The van der Waals surface area contributed by atoms with E-state index >= 15 is 0 Å². The van der Waals surface area contributed by atoms with E-state index in [-0.39, 0.29) is 11.4 Å². The van der Waals surface area contributed by atoms with Crippen molar-refractivity contribution < 1.29 is 8.42 Å². The maximum absolute atomic E-state index is 12.0. The summed E-state index contributed by atoms with van der Waals surface area (Å²) in [4.78, 5) is 4.33. The van der Waals surface area contributed by atoms with Crippen LogP contribution in [-0.4, -0.2) is 29.7 Å². The fourth-order valence-corrected chi connectivity index (χ4v) is 3.20. The van der Waals surface area contributed by atoms with Gasteiger partial charge in [0.15, 0.2) is 0 Å². The molecule has 0 aliphatic rings. The maximum atomic E-state index is 12.0. The van der Waals surface area contributed by atoms with Crippen molar-refractivity contribution in [3.8, 4) is 0 Å². The van der Waals surface area contributed by atoms with Gasteiger partial charge in [0.1, 0.15) is 9.90 Å². The van der Waals surface area contributed by atoms with Gasteiger partial charge in [-0.3, -0.25) is 4.68 Å². The third-order valence-electron chi connectivity index (χ3n) is 2.36. The molecule has 2 aromatic heterocycles. The van der Waals surface area contributed by atoms with Crippen molar-refractivity contribution >= 4 is 21.4 Å². The highest BCUT2D eigenvalue weighted by Gasteiger charge is 2.16. The van der Waals surface area contributed by atoms with Gasteiger partial charge in [-0.05, 0) is 6.92 Å². The lowest BCUT2D eigenvalue weighted by Gasteiger charge is -2.02. The van der Waals surface area contributed by atoms with Crippen molar-refractivity contribution in [1.29, 1.82) is 0 Å². The number of sulfonamides is 1. The van der Waals surface area contributed by atoms with Crippen molar-refractivity contribution in [2.45, 2.75) is 24.9 Å². The molecule has 104 valence electrons. The SMILES string of the molecule is Cc1csc(CNS(=O)(=O)c2cnn(CCN)c2)n1. The van der Waals surface area contributed by atoms with E-state index in [1.54, 1.807) is 0 Å². The van der Waals surface area contributed by atoms with Crippen LogP contribution in [-0.2, 0) is 23.1 Å². The highest BCUT2D eigenvalue weighted by Crippen LogP contribution is 2.11. The van der Waals surface area contributed by atoms with Gasteiger partial charge in [-0.25, -0.2) is 18.1 Å². The zero-order valence-corrected chi connectivity index (χ0v) is 12.0. The van der Waals surface area contributed by atoms with Gasteiger partial charge >= 0.3 is 0 Å². The lowest BCUT2D eigenvalue weighted by Crippen LogP contribution is -2.22. The Labute approximate surface area is 115 Å². The average Bonchev–Trinajstić information content (AvgIpc) is 2.97. The molecule has 0 saturated carbocycles. The van der Waals surface area contributed by atoms with Crippen LogP contribution in [0.1, 0.15) is 10.7 Å². The zero-order chi connectivity index (χ0) is 13.9. The highest BCUT2D eigenvalue weighted by molar-refractivity contribution is 7.89. The third-order valence-corrected chi connectivity index (χ3v) is 4.68. The highest BCUT2D eigenvalue weighted by atomic mass is 32.2. The zero-order valence-electron chi connectivity index (χ0n) is 10.4. The van der Waals surface area contributed by atoms with Crippen molar-refractivity contribution in [1.82, 2.24) is 19.5 Å². The molecular formula is C10H15N5O2S2. The van der Waals surface area contributed by atoms with Gasteiger partial charge in [0.2, 0.25) is 10.0 Å². The van der Waals surface area contributed by atoms with E-state index in [1.807, 2.05) is 12.3 Å². The molecule has 9 heteroatoms. The molecule has 7 nitrogen and oxygen atoms in total. The first-order valence-corrected chi connectivity index (χ1v) is 8.01. The van der Waals surface area contributed by atoms with Crippen LogP contribution in [0, 0.1) is 6.92 Å². The second-order valence-electron chi connectivity index (χ2n) is 3.93.